The summed E-state index contributed by atoms with van der Waals surface area (Å²) in [6, 6.07) is 11.8. The monoisotopic (exact) mass is 491 g/mol. The average Bonchev–Trinajstić information content (AvgIpc) is 3.61. The van der Waals surface area contributed by atoms with Crippen molar-refractivity contribution in [3.8, 4) is 17.2 Å². The van der Waals surface area contributed by atoms with E-state index in [2.05, 4.69) is 4.98 Å². The minimum atomic E-state index is -0.314. The third-order valence-electron chi connectivity index (χ3n) is 6.09. The number of oxazole rings is 1. The molecule has 0 atom stereocenters. The fourth-order valence-corrected chi connectivity index (χ4v) is 4.17. The molecule has 36 heavy (non-hydrogen) atoms. The van der Waals surface area contributed by atoms with Crippen molar-refractivity contribution in [1.29, 1.82) is 0 Å². The Labute approximate surface area is 207 Å². The molecule has 0 saturated carbocycles. The number of aromatic nitrogens is 1. The number of rotatable bonds is 8. The third-order valence-corrected chi connectivity index (χ3v) is 6.09. The zero-order valence-corrected chi connectivity index (χ0v) is 19.8. The van der Waals surface area contributed by atoms with Gasteiger partial charge in [0.25, 0.3) is 11.8 Å². The summed E-state index contributed by atoms with van der Waals surface area (Å²) < 4.78 is 21.8. The Balaban J connectivity index is 1.31. The molecular weight excluding hydrogens is 466 g/mol. The maximum atomic E-state index is 12.8. The number of ether oxygens (including phenoxy) is 3. The van der Waals surface area contributed by atoms with Gasteiger partial charge in [0.1, 0.15) is 30.1 Å². The molecule has 0 N–H and O–H groups in total. The summed E-state index contributed by atoms with van der Waals surface area (Å²) in [5.74, 6) is 1.04. The van der Waals surface area contributed by atoms with Crippen molar-refractivity contribution >= 4 is 23.3 Å². The second-order valence-electron chi connectivity index (χ2n) is 8.47. The topological polar surface area (TPSA) is 111 Å². The van der Waals surface area contributed by atoms with E-state index in [4.69, 9.17) is 18.6 Å². The van der Waals surface area contributed by atoms with Crippen LogP contribution in [0.15, 0.2) is 53.1 Å². The summed E-state index contributed by atoms with van der Waals surface area (Å²) in [5.41, 5.74) is 0.993. The Morgan fingerprint density at radius 1 is 1.08 bits per heavy atom. The molecule has 0 spiro atoms. The van der Waals surface area contributed by atoms with Gasteiger partial charge in [-0.15, -0.1) is 0 Å². The molecule has 0 radical (unpaired) electrons. The van der Waals surface area contributed by atoms with Crippen LogP contribution >= 0.6 is 0 Å². The van der Waals surface area contributed by atoms with Crippen molar-refractivity contribution in [2.45, 2.75) is 19.4 Å². The van der Waals surface area contributed by atoms with Gasteiger partial charge < -0.3 is 23.5 Å². The standard InChI is InChI=1S/C26H25N3O7/c1-33-18-5-4-6-19(12-18)34-15-22(30)17-7-8-23-21(11-17)29(25(31)16-35-23)13-24-27-20(14-36-24)26(32)28-9-2-3-10-28/h4-8,11-12,14H,2-3,9-10,13,15-16H2,1H3. The number of Topliss-reactive ketones (excluding diaryl/α,β-unsaturated/α-hetero) is 1. The van der Waals surface area contributed by atoms with Crippen LogP contribution in [0.1, 0.15) is 39.6 Å². The lowest BCUT2D eigenvalue weighted by Gasteiger charge is -2.28. The number of hydrogen-bond acceptors (Lipinski definition) is 8. The summed E-state index contributed by atoms with van der Waals surface area (Å²) in [5, 5.41) is 0. The van der Waals surface area contributed by atoms with Gasteiger partial charge in [-0.2, -0.15) is 0 Å². The number of anilines is 1. The van der Waals surface area contributed by atoms with Gasteiger partial charge >= 0.3 is 0 Å². The first-order valence-electron chi connectivity index (χ1n) is 11.6. The summed E-state index contributed by atoms with van der Waals surface area (Å²) in [4.78, 5) is 45.6. The van der Waals surface area contributed by atoms with Crippen molar-refractivity contribution in [3.63, 3.8) is 0 Å². The average molecular weight is 492 g/mol. The molecule has 3 heterocycles. The molecule has 2 amide bonds. The fourth-order valence-electron chi connectivity index (χ4n) is 4.17. The number of hydrogen-bond donors (Lipinski definition) is 0. The second kappa shape index (κ2) is 10.1. The van der Waals surface area contributed by atoms with Crippen LogP contribution in [0.5, 0.6) is 17.2 Å². The Bertz CT molecular complexity index is 1300. The van der Waals surface area contributed by atoms with Gasteiger partial charge in [0.15, 0.2) is 24.7 Å². The normalized spacial score (nSPS) is 14.9. The van der Waals surface area contributed by atoms with Gasteiger partial charge in [0.05, 0.1) is 12.8 Å². The highest BCUT2D eigenvalue weighted by molar-refractivity contribution is 6.02. The molecule has 10 nitrogen and oxygen atoms in total. The summed E-state index contributed by atoms with van der Waals surface area (Å²) in [6.45, 7) is 1.06. The molecule has 0 unspecified atom stereocenters. The van der Waals surface area contributed by atoms with Crippen molar-refractivity contribution in [1.82, 2.24) is 9.88 Å². The highest BCUT2D eigenvalue weighted by atomic mass is 16.5. The molecule has 0 aliphatic carbocycles. The highest BCUT2D eigenvalue weighted by Gasteiger charge is 2.29. The van der Waals surface area contributed by atoms with E-state index in [1.807, 2.05) is 0 Å². The smallest absolute Gasteiger partial charge is 0.275 e. The van der Waals surface area contributed by atoms with Crippen molar-refractivity contribution in [2.24, 2.45) is 0 Å². The van der Waals surface area contributed by atoms with Gasteiger partial charge in [-0.1, -0.05) is 6.07 Å². The molecule has 5 rings (SSSR count). The van der Waals surface area contributed by atoms with Crippen LogP contribution in [0.3, 0.4) is 0 Å². The van der Waals surface area contributed by atoms with Crippen molar-refractivity contribution in [3.05, 3.63) is 65.9 Å². The summed E-state index contributed by atoms with van der Waals surface area (Å²) >= 11 is 0. The number of fused-ring (bicyclic) bond motifs is 1. The number of carbonyl (C=O) groups excluding carboxylic acids is 3. The third kappa shape index (κ3) is 4.88. The predicted molar refractivity (Wildman–Crippen MR) is 128 cm³/mol. The first-order chi connectivity index (χ1) is 17.5. The number of benzene rings is 2. The molecular formula is C26H25N3O7. The van der Waals surface area contributed by atoms with E-state index in [1.54, 1.807) is 54.5 Å². The van der Waals surface area contributed by atoms with Crippen LogP contribution in [0, 0.1) is 0 Å². The van der Waals surface area contributed by atoms with E-state index >= 15 is 0 Å². The zero-order chi connectivity index (χ0) is 25.1. The molecule has 2 aliphatic heterocycles. The van der Waals surface area contributed by atoms with E-state index in [0.29, 0.717) is 41.6 Å². The quantitative estimate of drug-likeness (QED) is 0.442. The van der Waals surface area contributed by atoms with Gasteiger partial charge in [-0.05, 0) is 43.2 Å². The van der Waals surface area contributed by atoms with E-state index < -0.39 is 0 Å². The lowest BCUT2D eigenvalue weighted by molar-refractivity contribution is -0.121. The molecule has 3 aromatic rings. The first kappa shape index (κ1) is 23.4. The molecule has 10 heteroatoms. The number of amides is 2. The fraction of sp³-hybridized carbons (Fsp3) is 0.308. The van der Waals surface area contributed by atoms with Crippen molar-refractivity contribution < 1.29 is 33.0 Å². The maximum Gasteiger partial charge on any atom is 0.275 e. The van der Waals surface area contributed by atoms with Crippen LogP contribution in [-0.4, -0.2) is 60.9 Å². The zero-order valence-electron chi connectivity index (χ0n) is 19.8. The van der Waals surface area contributed by atoms with Crippen LogP contribution < -0.4 is 19.1 Å². The SMILES string of the molecule is COc1cccc(OCC(=O)c2ccc3c(c2)N(Cc2nc(C(=O)N4CCCC4)co2)C(=O)CO3)c1. The minimum Gasteiger partial charge on any atom is -0.497 e. The van der Waals surface area contributed by atoms with Gasteiger partial charge in [-0.3, -0.25) is 19.3 Å². The first-order valence-corrected chi connectivity index (χ1v) is 11.6. The lowest BCUT2D eigenvalue weighted by atomic mass is 10.1. The Morgan fingerprint density at radius 2 is 1.89 bits per heavy atom. The van der Waals surface area contributed by atoms with Gasteiger partial charge in [0.2, 0.25) is 5.89 Å². The molecule has 1 saturated heterocycles. The van der Waals surface area contributed by atoms with E-state index in [0.717, 1.165) is 12.8 Å². The summed E-state index contributed by atoms with van der Waals surface area (Å²) in [6.07, 6.45) is 3.26. The second-order valence-corrected chi connectivity index (χ2v) is 8.47. The Kier molecular flexibility index (Phi) is 6.57. The molecule has 186 valence electrons. The van der Waals surface area contributed by atoms with Crippen LogP contribution in [0.25, 0.3) is 0 Å². The Morgan fingerprint density at radius 3 is 2.69 bits per heavy atom. The Hall–Kier alpha value is -4.34. The predicted octanol–water partition coefficient (Wildman–Crippen LogP) is 3.11. The lowest BCUT2D eigenvalue weighted by Crippen LogP contribution is -2.38. The van der Waals surface area contributed by atoms with Gasteiger partial charge in [0, 0.05) is 24.7 Å². The number of ketones is 1. The van der Waals surface area contributed by atoms with Crippen LogP contribution in [-0.2, 0) is 11.3 Å². The number of likely N-dealkylation sites (tertiary alicyclic amines) is 1. The van der Waals surface area contributed by atoms with Crippen molar-refractivity contribution in [2.75, 3.05) is 38.3 Å². The minimum absolute atomic E-state index is 0.000424. The maximum absolute atomic E-state index is 12.8. The molecule has 2 aromatic carbocycles. The van der Waals surface area contributed by atoms with Crippen LogP contribution in [0.2, 0.25) is 0 Å². The van der Waals surface area contributed by atoms with E-state index in [-0.39, 0.29) is 48.9 Å². The number of carbonyl (C=O) groups is 3. The number of methoxy groups -OCH3 is 1. The molecule has 1 fully saturated rings. The van der Waals surface area contributed by atoms with Gasteiger partial charge in [-0.25, -0.2) is 4.98 Å². The van der Waals surface area contributed by atoms with Crippen LogP contribution in [0.4, 0.5) is 5.69 Å². The largest absolute Gasteiger partial charge is 0.497 e. The molecule has 0 bridgehead atoms. The highest BCUT2D eigenvalue weighted by Crippen LogP contribution is 2.34. The summed E-state index contributed by atoms with van der Waals surface area (Å²) in [7, 11) is 1.55. The number of nitrogens with zero attached hydrogens (tertiary/aromatic N) is 3. The van der Waals surface area contributed by atoms with E-state index in [1.165, 1.54) is 11.2 Å². The molecule has 1 aromatic heterocycles. The van der Waals surface area contributed by atoms with E-state index in [9.17, 15) is 14.4 Å². The molecule has 2 aliphatic rings.